The topological polar surface area (TPSA) is 79.3 Å². The number of nitrogens with one attached hydrogen (secondary N) is 1. The lowest BCUT2D eigenvalue weighted by molar-refractivity contribution is 0.0696. The quantitative estimate of drug-likeness (QED) is 0.843. The van der Waals surface area contributed by atoms with Gasteiger partial charge in [0.2, 0.25) is 5.95 Å². The molecule has 20 heavy (non-hydrogen) atoms. The first-order chi connectivity index (χ1) is 9.47. The molecule has 1 heterocycles. The predicted octanol–water partition coefficient (Wildman–Crippen LogP) is 2.93. The van der Waals surface area contributed by atoms with E-state index in [0.29, 0.717) is 4.47 Å². The summed E-state index contributed by atoms with van der Waals surface area (Å²) >= 11 is 3.20. The van der Waals surface area contributed by atoms with E-state index in [9.17, 15) is 14.0 Å². The SMILES string of the molecule is O=C(O)c1ccc(Br)c(NC(=O)c2ccnc(F)c2)c1. The zero-order valence-corrected chi connectivity index (χ0v) is 11.5. The van der Waals surface area contributed by atoms with Crippen LogP contribution < -0.4 is 5.32 Å². The molecule has 0 saturated heterocycles. The Labute approximate surface area is 121 Å². The molecule has 0 aliphatic rings. The minimum atomic E-state index is -1.11. The molecule has 0 aliphatic heterocycles. The highest BCUT2D eigenvalue weighted by Crippen LogP contribution is 2.24. The maximum atomic E-state index is 12.9. The maximum Gasteiger partial charge on any atom is 0.335 e. The van der Waals surface area contributed by atoms with Gasteiger partial charge in [-0.25, -0.2) is 9.78 Å². The van der Waals surface area contributed by atoms with Gasteiger partial charge in [-0.1, -0.05) is 0 Å². The van der Waals surface area contributed by atoms with Gasteiger partial charge < -0.3 is 10.4 Å². The molecule has 0 spiro atoms. The van der Waals surface area contributed by atoms with Crippen molar-refractivity contribution < 1.29 is 19.1 Å². The Morgan fingerprint density at radius 3 is 2.60 bits per heavy atom. The van der Waals surface area contributed by atoms with E-state index in [1.165, 1.54) is 30.5 Å². The molecular formula is C13H8BrFN2O3. The average molecular weight is 339 g/mol. The minimum Gasteiger partial charge on any atom is -0.478 e. The number of pyridine rings is 1. The number of halogens is 2. The third-order valence-corrected chi connectivity index (χ3v) is 3.14. The summed E-state index contributed by atoms with van der Waals surface area (Å²) in [6, 6.07) is 6.56. The predicted molar refractivity (Wildman–Crippen MR) is 73.2 cm³/mol. The highest BCUT2D eigenvalue weighted by molar-refractivity contribution is 9.10. The second kappa shape index (κ2) is 5.79. The highest BCUT2D eigenvalue weighted by atomic mass is 79.9. The molecule has 7 heteroatoms. The summed E-state index contributed by atoms with van der Waals surface area (Å²) in [6.07, 6.45) is 1.17. The molecule has 0 radical (unpaired) electrons. The van der Waals surface area contributed by atoms with Crippen LogP contribution >= 0.6 is 15.9 Å². The van der Waals surface area contributed by atoms with Gasteiger partial charge in [0.05, 0.1) is 11.3 Å². The van der Waals surface area contributed by atoms with Crippen LogP contribution in [0.3, 0.4) is 0 Å². The van der Waals surface area contributed by atoms with E-state index < -0.39 is 17.8 Å². The lowest BCUT2D eigenvalue weighted by Crippen LogP contribution is -2.13. The number of rotatable bonds is 3. The van der Waals surface area contributed by atoms with Crippen LogP contribution in [0.15, 0.2) is 41.0 Å². The summed E-state index contributed by atoms with van der Waals surface area (Å²) in [7, 11) is 0. The van der Waals surface area contributed by atoms with Gasteiger partial charge in [-0.2, -0.15) is 4.39 Å². The first-order valence-corrected chi connectivity index (χ1v) is 6.22. The van der Waals surface area contributed by atoms with Crippen molar-refractivity contribution in [2.45, 2.75) is 0 Å². The number of hydrogen-bond donors (Lipinski definition) is 2. The highest BCUT2D eigenvalue weighted by Gasteiger charge is 2.12. The summed E-state index contributed by atoms with van der Waals surface area (Å²) in [4.78, 5) is 26.2. The van der Waals surface area contributed by atoms with Gasteiger partial charge in [0, 0.05) is 22.3 Å². The molecule has 102 valence electrons. The van der Waals surface area contributed by atoms with E-state index in [1.54, 1.807) is 0 Å². The fourth-order valence-electron chi connectivity index (χ4n) is 1.49. The van der Waals surface area contributed by atoms with Gasteiger partial charge in [0.1, 0.15) is 0 Å². The lowest BCUT2D eigenvalue weighted by atomic mass is 10.2. The molecule has 0 bridgehead atoms. The Morgan fingerprint density at radius 1 is 1.20 bits per heavy atom. The number of carbonyl (C=O) groups is 2. The molecule has 1 aromatic carbocycles. The molecule has 0 fully saturated rings. The first-order valence-electron chi connectivity index (χ1n) is 5.43. The van der Waals surface area contributed by atoms with Gasteiger partial charge in [0.15, 0.2) is 0 Å². The molecule has 2 N–H and O–H groups in total. The van der Waals surface area contributed by atoms with E-state index in [0.717, 1.165) is 6.07 Å². The summed E-state index contributed by atoms with van der Waals surface area (Å²) in [5, 5.41) is 11.4. The van der Waals surface area contributed by atoms with Crippen LogP contribution in [-0.4, -0.2) is 22.0 Å². The summed E-state index contributed by atoms with van der Waals surface area (Å²) in [5.41, 5.74) is 0.404. The van der Waals surface area contributed by atoms with E-state index in [1.807, 2.05) is 0 Å². The van der Waals surface area contributed by atoms with Crippen LogP contribution in [0.2, 0.25) is 0 Å². The average Bonchev–Trinajstić information content (AvgIpc) is 2.41. The number of aromatic nitrogens is 1. The maximum absolute atomic E-state index is 12.9. The monoisotopic (exact) mass is 338 g/mol. The summed E-state index contributed by atoms with van der Waals surface area (Å²) in [5.74, 6) is -2.44. The van der Waals surface area contributed by atoms with Crippen LogP contribution in [0.25, 0.3) is 0 Å². The van der Waals surface area contributed by atoms with Crippen molar-refractivity contribution in [3.05, 3.63) is 58.1 Å². The smallest absolute Gasteiger partial charge is 0.335 e. The van der Waals surface area contributed by atoms with Crippen molar-refractivity contribution in [2.24, 2.45) is 0 Å². The van der Waals surface area contributed by atoms with Gasteiger partial charge in [0.25, 0.3) is 5.91 Å². The number of amides is 1. The van der Waals surface area contributed by atoms with Crippen LogP contribution in [0.4, 0.5) is 10.1 Å². The molecule has 5 nitrogen and oxygen atoms in total. The number of nitrogens with zero attached hydrogens (tertiary/aromatic N) is 1. The van der Waals surface area contributed by atoms with Crippen LogP contribution in [0.1, 0.15) is 20.7 Å². The van der Waals surface area contributed by atoms with Gasteiger partial charge in [-0.3, -0.25) is 4.79 Å². The van der Waals surface area contributed by atoms with Crippen molar-refractivity contribution in [3.63, 3.8) is 0 Å². The minimum absolute atomic E-state index is 0.0319. The Balaban J connectivity index is 2.27. The molecule has 1 amide bonds. The van der Waals surface area contributed by atoms with Crippen LogP contribution in [0.5, 0.6) is 0 Å². The Morgan fingerprint density at radius 2 is 1.95 bits per heavy atom. The zero-order chi connectivity index (χ0) is 14.7. The molecule has 0 atom stereocenters. The van der Waals surface area contributed by atoms with E-state index in [-0.39, 0.29) is 16.8 Å². The Kier molecular flexibility index (Phi) is 4.09. The summed E-state index contributed by atoms with van der Waals surface area (Å²) < 4.78 is 13.5. The van der Waals surface area contributed by atoms with Crippen molar-refractivity contribution in [3.8, 4) is 0 Å². The number of carboxylic acid groups (broad SMARTS) is 1. The van der Waals surface area contributed by atoms with Crippen molar-refractivity contribution in [1.29, 1.82) is 0 Å². The van der Waals surface area contributed by atoms with Crippen molar-refractivity contribution in [1.82, 2.24) is 4.98 Å². The zero-order valence-electron chi connectivity index (χ0n) is 9.93. The van der Waals surface area contributed by atoms with Crippen molar-refractivity contribution >= 4 is 33.5 Å². The standard InChI is InChI=1S/C13H8BrFN2O3/c14-9-2-1-8(13(19)20)5-10(9)17-12(18)7-3-4-16-11(15)6-7/h1-6H,(H,17,18)(H,19,20). The van der Waals surface area contributed by atoms with Gasteiger partial charge in [-0.05, 0) is 40.2 Å². The largest absolute Gasteiger partial charge is 0.478 e. The number of carboxylic acids is 1. The molecule has 0 unspecified atom stereocenters. The fraction of sp³-hybridized carbons (Fsp3) is 0. The van der Waals surface area contributed by atoms with Crippen LogP contribution in [-0.2, 0) is 0 Å². The van der Waals surface area contributed by atoms with E-state index in [4.69, 9.17) is 5.11 Å². The van der Waals surface area contributed by atoms with E-state index in [2.05, 4.69) is 26.2 Å². The second-order valence-corrected chi connectivity index (χ2v) is 4.68. The number of hydrogen-bond acceptors (Lipinski definition) is 3. The molecular weight excluding hydrogens is 331 g/mol. The first kappa shape index (κ1) is 14.1. The van der Waals surface area contributed by atoms with Crippen LogP contribution in [0, 0.1) is 5.95 Å². The third kappa shape index (κ3) is 3.18. The number of carbonyl (C=O) groups excluding carboxylic acids is 1. The molecule has 1 aromatic heterocycles. The fourth-order valence-corrected chi connectivity index (χ4v) is 1.84. The summed E-state index contributed by atoms with van der Waals surface area (Å²) in [6.45, 7) is 0. The van der Waals surface area contributed by atoms with Gasteiger partial charge in [-0.15, -0.1) is 0 Å². The molecule has 2 aromatic rings. The number of benzene rings is 1. The molecule has 0 aliphatic carbocycles. The second-order valence-electron chi connectivity index (χ2n) is 3.82. The molecule has 2 rings (SSSR count). The van der Waals surface area contributed by atoms with Crippen molar-refractivity contribution in [2.75, 3.05) is 5.32 Å². The van der Waals surface area contributed by atoms with Gasteiger partial charge >= 0.3 is 5.97 Å². The number of anilines is 1. The number of aromatic carboxylic acids is 1. The Hall–Kier alpha value is -2.28. The lowest BCUT2D eigenvalue weighted by Gasteiger charge is -2.08. The van der Waals surface area contributed by atoms with E-state index >= 15 is 0 Å². The molecule has 0 saturated carbocycles. The third-order valence-electron chi connectivity index (χ3n) is 2.45. The normalized spacial score (nSPS) is 10.1. The Bertz CT molecular complexity index is 691.